The Morgan fingerprint density at radius 3 is 1.48 bits per heavy atom. The molecule has 0 atom stereocenters. The smallest absolute Gasteiger partial charge is 0.136 e. The van der Waals surface area contributed by atoms with E-state index in [1.54, 1.807) is 0 Å². The summed E-state index contributed by atoms with van der Waals surface area (Å²) in [4.78, 5) is 2.38. The molecule has 1 heterocycles. The average molecular weight is 766 g/mol. The minimum Gasteiger partial charge on any atom is -0.456 e. The van der Waals surface area contributed by atoms with E-state index in [1.807, 2.05) is 12.1 Å². The summed E-state index contributed by atoms with van der Waals surface area (Å²) >= 11 is 0. The molecule has 60 heavy (non-hydrogen) atoms. The summed E-state index contributed by atoms with van der Waals surface area (Å²) in [6.45, 7) is 0. The van der Waals surface area contributed by atoms with Crippen molar-refractivity contribution in [3.8, 4) is 55.6 Å². The number of fused-ring (bicyclic) bond motifs is 4. The zero-order valence-corrected chi connectivity index (χ0v) is 32.9. The average Bonchev–Trinajstić information content (AvgIpc) is 3.72. The Labute approximate surface area is 349 Å². The zero-order chi connectivity index (χ0) is 39.8. The minimum atomic E-state index is 0.882. The molecule has 282 valence electrons. The van der Waals surface area contributed by atoms with Crippen molar-refractivity contribution in [3.05, 3.63) is 237 Å². The molecule has 2 nitrogen and oxygen atoms in total. The van der Waals surface area contributed by atoms with Crippen molar-refractivity contribution in [2.75, 3.05) is 4.90 Å². The quantitative estimate of drug-likeness (QED) is 0.153. The van der Waals surface area contributed by atoms with E-state index in [1.165, 1.54) is 55.3 Å². The molecule has 0 saturated carbocycles. The monoisotopic (exact) mass is 765 g/mol. The summed E-state index contributed by atoms with van der Waals surface area (Å²) in [6, 6.07) is 84.9. The normalized spacial score (nSPS) is 11.3. The van der Waals surface area contributed by atoms with Gasteiger partial charge in [-0.05, 0) is 115 Å². The zero-order valence-electron chi connectivity index (χ0n) is 32.9. The molecule has 11 rings (SSSR count). The lowest BCUT2D eigenvalue weighted by Crippen LogP contribution is -2.11. The van der Waals surface area contributed by atoms with Crippen molar-refractivity contribution in [3.63, 3.8) is 0 Å². The van der Waals surface area contributed by atoms with Crippen LogP contribution in [0.2, 0.25) is 0 Å². The van der Waals surface area contributed by atoms with Gasteiger partial charge in [0.25, 0.3) is 0 Å². The molecule has 1 aromatic heterocycles. The van der Waals surface area contributed by atoms with Gasteiger partial charge in [-0.15, -0.1) is 0 Å². The van der Waals surface area contributed by atoms with E-state index in [0.29, 0.717) is 0 Å². The van der Waals surface area contributed by atoms with Gasteiger partial charge in [-0.3, -0.25) is 0 Å². The molecule has 0 unspecified atom stereocenters. The fraction of sp³-hybridized carbons (Fsp3) is 0. The number of hydrogen-bond donors (Lipinski definition) is 0. The van der Waals surface area contributed by atoms with Gasteiger partial charge < -0.3 is 9.32 Å². The van der Waals surface area contributed by atoms with Crippen LogP contribution in [0.15, 0.2) is 241 Å². The van der Waals surface area contributed by atoms with Gasteiger partial charge in [-0.2, -0.15) is 0 Å². The summed E-state index contributed by atoms with van der Waals surface area (Å²) < 4.78 is 6.37. The summed E-state index contributed by atoms with van der Waals surface area (Å²) in [5, 5.41) is 4.73. The Hall–Kier alpha value is -7.94. The van der Waals surface area contributed by atoms with E-state index < -0.39 is 0 Å². The second-order valence-electron chi connectivity index (χ2n) is 15.3. The Balaban J connectivity index is 1.00. The van der Waals surface area contributed by atoms with Gasteiger partial charge >= 0.3 is 0 Å². The molecule has 0 spiro atoms. The second kappa shape index (κ2) is 15.1. The van der Waals surface area contributed by atoms with E-state index in [0.717, 1.165) is 50.1 Å². The molecule has 0 radical (unpaired) electrons. The van der Waals surface area contributed by atoms with Gasteiger partial charge in [0.15, 0.2) is 0 Å². The molecule has 0 bridgehead atoms. The highest BCUT2D eigenvalue weighted by Gasteiger charge is 2.20. The molecular formula is C58H39NO. The van der Waals surface area contributed by atoms with E-state index in [9.17, 15) is 0 Å². The first kappa shape index (κ1) is 35.2. The fourth-order valence-electron chi connectivity index (χ4n) is 8.66. The second-order valence-corrected chi connectivity index (χ2v) is 15.3. The summed E-state index contributed by atoms with van der Waals surface area (Å²) in [7, 11) is 0. The van der Waals surface area contributed by atoms with Gasteiger partial charge in [-0.1, -0.05) is 182 Å². The molecule has 0 amide bonds. The summed E-state index contributed by atoms with van der Waals surface area (Å²) in [5.74, 6) is 0. The standard InChI is InChI=1S/C58H39NO/c1-2-12-40(13-3-1)42-24-26-43(27-25-42)44-30-34-50(35-31-44)59(55-21-8-6-18-52(55)53-20-11-23-57-58(53)54-19-7-9-22-56(54)60-57)51-36-32-45(33-37-51)47-16-10-17-48(38-47)49-29-28-41-14-4-5-15-46(41)39-49/h1-39H. The van der Waals surface area contributed by atoms with Crippen LogP contribution in [0.3, 0.4) is 0 Å². The molecule has 0 saturated heterocycles. The van der Waals surface area contributed by atoms with Crippen LogP contribution in [-0.4, -0.2) is 0 Å². The number of nitrogens with zero attached hydrogens (tertiary/aromatic N) is 1. The Morgan fingerprint density at radius 2 is 0.750 bits per heavy atom. The van der Waals surface area contributed by atoms with Crippen molar-refractivity contribution >= 4 is 49.8 Å². The first-order chi connectivity index (χ1) is 29.7. The Kier molecular flexibility index (Phi) is 8.87. The molecule has 2 heteroatoms. The fourth-order valence-corrected chi connectivity index (χ4v) is 8.66. The Bertz CT molecular complexity index is 3290. The number of hydrogen-bond acceptors (Lipinski definition) is 2. The van der Waals surface area contributed by atoms with Crippen molar-refractivity contribution in [1.82, 2.24) is 0 Å². The van der Waals surface area contributed by atoms with Crippen LogP contribution in [0.5, 0.6) is 0 Å². The van der Waals surface area contributed by atoms with Gasteiger partial charge in [0.05, 0.1) is 5.69 Å². The van der Waals surface area contributed by atoms with E-state index in [4.69, 9.17) is 4.42 Å². The van der Waals surface area contributed by atoms with Crippen molar-refractivity contribution in [1.29, 1.82) is 0 Å². The van der Waals surface area contributed by atoms with Crippen LogP contribution in [0.1, 0.15) is 0 Å². The number of furan rings is 1. The van der Waals surface area contributed by atoms with Gasteiger partial charge in [0.1, 0.15) is 11.2 Å². The van der Waals surface area contributed by atoms with Crippen LogP contribution in [0, 0.1) is 0 Å². The Morgan fingerprint density at radius 1 is 0.283 bits per heavy atom. The molecule has 0 aliphatic rings. The van der Waals surface area contributed by atoms with Crippen LogP contribution in [0.25, 0.3) is 88.3 Å². The van der Waals surface area contributed by atoms with E-state index in [-0.39, 0.29) is 0 Å². The SMILES string of the molecule is c1ccc(-c2ccc(-c3ccc(N(c4ccc(-c5cccc(-c6ccc7ccccc7c6)c5)cc4)c4ccccc4-c4cccc5oc6ccccc6c45)cc3)cc2)cc1. The number of anilines is 3. The van der Waals surface area contributed by atoms with Crippen molar-refractivity contribution in [2.45, 2.75) is 0 Å². The molecule has 0 aliphatic carbocycles. The minimum absolute atomic E-state index is 0.882. The van der Waals surface area contributed by atoms with Gasteiger partial charge in [0, 0.05) is 27.7 Å². The lowest BCUT2D eigenvalue weighted by atomic mass is 9.96. The van der Waals surface area contributed by atoms with Crippen molar-refractivity contribution in [2.24, 2.45) is 0 Å². The molecule has 10 aromatic carbocycles. The van der Waals surface area contributed by atoms with Crippen LogP contribution >= 0.6 is 0 Å². The maximum Gasteiger partial charge on any atom is 0.136 e. The van der Waals surface area contributed by atoms with Crippen LogP contribution in [0.4, 0.5) is 17.1 Å². The summed E-state index contributed by atoms with van der Waals surface area (Å²) in [5.41, 5.74) is 16.8. The maximum absolute atomic E-state index is 6.37. The largest absolute Gasteiger partial charge is 0.456 e. The third-order valence-corrected chi connectivity index (χ3v) is 11.7. The molecule has 0 fully saturated rings. The molecule has 0 N–H and O–H groups in total. The number of rotatable bonds is 8. The highest BCUT2D eigenvalue weighted by Crippen LogP contribution is 2.45. The first-order valence-corrected chi connectivity index (χ1v) is 20.5. The molecule has 11 aromatic rings. The van der Waals surface area contributed by atoms with Crippen molar-refractivity contribution < 1.29 is 4.42 Å². The summed E-state index contributed by atoms with van der Waals surface area (Å²) in [6.07, 6.45) is 0. The third-order valence-electron chi connectivity index (χ3n) is 11.7. The lowest BCUT2D eigenvalue weighted by molar-refractivity contribution is 0.669. The number of benzene rings is 10. The highest BCUT2D eigenvalue weighted by atomic mass is 16.3. The lowest BCUT2D eigenvalue weighted by Gasteiger charge is -2.28. The van der Waals surface area contributed by atoms with Gasteiger partial charge in [0.2, 0.25) is 0 Å². The number of para-hydroxylation sites is 2. The molecule has 0 aliphatic heterocycles. The van der Waals surface area contributed by atoms with E-state index >= 15 is 0 Å². The topological polar surface area (TPSA) is 16.4 Å². The van der Waals surface area contributed by atoms with Gasteiger partial charge in [-0.25, -0.2) is 0 Å². The van der Waals surface area contributed by atoms with Crippen LogP contribution in [-0.2, 0) is 0 Å². The maximum atomic E-state index is 6.37. The van der Waals surface area contributed by atoms with Crippen LogP contribution < -0.4 is 4.90 Å². The van der Waals surface area contributed by atoms with E-state index in [2.05, 4.69) is 229 Å². The highest BCUT2D eigenvalue weighted by molar-refractivity contribution is 6.14. The third kappa shape index (κ3) is 6.51. The predicted molar refractivity (Wildman–Crippen MR) is 253 cm³/mol. The predicted octanol–water partition coefficient (Wildman–Crippen LogP) is 16.5. The first-order valence-electron chi connectivity index (χ1n) is 20.5. The molecular weight excluding hydrogens is 727 g/mol.